The minimum absolute atomic E-state index is 0.0106. The van der Waals surface area contributed by atoms with Crippen molar-refractivity contribution in [3.05, 3.63) is 11.8 Å². The summed E-state index contributed by atoms with van der Waals surface area (Å²) in [6.07, 6.45) is -2.70. The first-order valence-corrected chi connectivity index (χ1v) is 7.64. The lowest BCUT2D eigenvalue weighted by Crippen LogP contribution is -2.60. The third kappa shape index (κ3) is 4.59. The van der Waals surface area contributed by atoms with Crippen molar-refractivity contribution < 1.29 is 34.4 Å². The molecule has 11 heteroatoms. The number of aliphatic hydroxyl groups excluding tert-OH is 2. The number of rotatable bonds is 4. The van der Waals surface area contributed by atoms with E-state index >= 15 is 0 Å². The highest BCUT2D eigenvalue weighted by molar-refractivity contribution is 5.85. The Bertz CT molecular complexity index is 590. The number of aliphatic imine (C=N–C) groups is 1. The van der Waals surface area contributed by atoms with Crippen LogP contribution >= 0.6 is 0 Å². The Balaban J connectivity index is 2.36. The average Bonchev–Trinajstić information content (AvgIpc) is 2.50. The number of ether oxygens (including phenoxy) is 2. The molecule has 1 amide bonds. The monoisotopic (exact) mass is 358 g/mol. The molecule has 0 unspecified atom stereocenters. The average molecular weight is 358 g/mol. The maximum Gasteiger partial charge on any atom is 0.370 e. The summed E-state index contributed by atoms with van der Waals surface area (Å²) in [6.45, 7) is 1.12. The molecule has 6 atom stereocenters. The fourth-order valence-electron chi connectivity index (χ4n) is 2.86. The molecule has 0 radical (unpaired) electrons. The molecule has 1 saturated heterocycles. The van der Waals surface area contributed by atoms with Gasteiger partial charge in [-0.2, -0.15) is 0 Å². The van der Waals surface area contributed by atoms with Crippen LogP contribution in [-0.2, 0) is 19.1 Å². The van der Waals surface area contributed by atoms with E-state index in [0.29, 0.717) is 0 Å². The van der Waals surface area contributed by atoms with Crippen LogP contribution in [0, 0.1) is 0 Å². The van der Waals surface area contributed by atoms with E-state index in [9.17, 15) is 24.9 Å². The van der Waals surface area contributed by atoms with E-state index in [4.69, 9.17) is 20.9 Å². The van der Waals surface area contributed by atoms with Crippen LogP contribution in [0.4, 0.5) is 0 Å². The van der Waals surface area contributed by atoms with Crippen molar-refractivity contribution in [1.29, 1.82) is 0 Å². The molecule has 0 saturated carbocycles. The molecule has 0 spiro atoms. The highest BCUT2D eigenvalue weighted by Gasteiger charge is 2.45. The van der Waals surface area contributed by atoms with E-state index in [1.54, 1.807) is 0 Å². The van der Waals surface area contributed by atoms with E-state index in [1.807, 2.05) is 0 Å². The number of hydrogen-bond donors (Lipinski definition) is 6. The van der Waals surface area contributed by atoms with Crippen LogP contribution in [0.2, 0.25) is 0 Å². The van der Waals surface area contributed by atoms with Crippen LogP contribution in [0.15, 0.2) is 16.8 Å². The van der Waals surface area contributed by atoms with Gasteiger partial charge in [0.1, 0.15) is 12.2 Å². The van der Waals surface area contributed by atoms with Crippen LogP contribution in [0.1, 0.15) is 13.3 Å². The number of hydrogen-bond acceptors (Lipinski definition) is 7. The Kier molecular flexibility index (Phi) is 5.82. The summed E-state index contributed by atoms with van der Waals surface area (Å²) < 4.78 is 11.0. The molecule has 140 valence electrons. The number of carboxylic acids is 1. The minimum Gasteiger partial charge on any atom is -0.478 e. The topological polar surface area (TPSA) is 190 Å². The number of aliphatic hydroxyl groups is 2. The maximum absolute atomic E-state index is 11.6. The van der Waals surface area contributed by atoms with Gasteiger partial charge in [-0.25, -0.2) is 9.79 Å². The minimum atomic E-state index is -1.33. The third-order valence-corrected chi connectivity index (χ3v) is 3.95. The Hall–Kier alpha value is -2.37. The predicted molar refractivity (Wildman–Crippen MR) is 84.2 cm³/mol. The summed E-state index contributed by atoms with van der Waals surface area (Å²) >= 11 is 0. The SMILES string of the molecule is CC(=O)N[C@H]1[C@H]([C@H]2C[C@@H](O)[C@@H](O)CO2)OC(C(=O)O)=C[C@@H]1N=C(N)N. The molecular weight excluding hydrogens is 336 g/mol. The summed E-state index contributed by atoms with van der Waals surface area (Å²) in [6, 6.07) is -1.72. The number of nitrogens with two attached hydrogens (primary N) is 2. The number of amides is 1. The molecule has 2 aliphatic heterocycles. The smallest absolute Gasteiger partial charge is 0.370 e. The number of nitrogens with zero attached hydrogens (tertiary/aromatic N) is 1. The van der Waals surface area contributed by atoms with E-state index in [2.05, 4.69) is 10.3 Å². The lowest BCUT2D eigenvalue weighted by Gasteiger charge is -2.42. The van der Waals surface area contributed by atoms with E-state index < -0.39 is 54.1 Å². The molecule has 8 N–H and O–H groups in total. The lowest BCUT2D eigenvalue weighted by molar-refractivity contribution is -0.168. The standard InChI is InChI=1S/C14H22N4O7/c1-5(19)17-11-6(18-14(15)16)2-10(13(22)23)25-12(11)9-3-7(20)8(21)4-24-9/h2,6-9,11-12,20-21H,3-4H2,1H3,(H,17,19)(H,22,23)(H4,15,16,18)/t6-,7+,8-,9+,11+,12-/m0/s1. The third-order valence-electron chi connectivity index (χ3n) is 3.95. The van der Waals surface area contributed by atoms with Crippen molar-refractivity contribution in [3.63, 3.8) is 0 Å². The van der Waals surface area contributed by atoms with Gasteiger partial charge in [-0.3, -0.25) is 4.79 Å². The molecule has 0 aromatic heterocycles. The zero-order valence-corrected chi connectivity index (χ0v) is 13.5. The van der Waals surface area contributed by atoms with Crippen molar-refractivity contribution in [1.82, 2.24) is 5.32 Å². The second-order valence-electron chi connectivity index (χ2n) is 5.93. The van der Waals surface area contributed by atoms with Crippen LogP contribution in [0.25, 0.3) is 0 Å². The number of carboxylic acid groups (broad SMARTS) is 1. The zero-order valence-electron chi connectivity index (χ0n) is 13.5. The van der Waals surface area contributed by atoms with Crippen molar-refractivity contribution in [2.24, 2.45) is 16.5 Å². The van der Waals surface area contributed by atoms with Gasteiger partial charge in [0.05, 0.1) is 30.9 Å². The van der Waals surface area contributed by atoms with Gasteiger partial charge in [0.2, 0.25) is 11.7 Å². The first-order chi connectivity index (χ1) is 11.7. The predicted octanol–water partition coefficient (Wildman–Crippen LogP) is -2.99. The van der Waals surface area contributed by atoms with Gasteiger partial charge in [-0.1, -0.05) is 0 Å². The Morgan fingerprint density at radius 1 is 1.32 bits per heavy atom. The van der Waals surface area contributed by atoms with Gasteiger partial charge in [0, 0.05) is 13.3 Å². The molecule has 0 bridgehead atoms. The molecule has 0 aromatic carbocycles. The fourth-order valence-corrected chi connectivity index (χ4v) is 2.86. The normalized spacial score (nSPS) is 35.1. The van der Waals surface area contributed by atoms with Gasteiger partial charge in [0.15, 0.2) is 5.96 Å². The second kappa shape index (κ2) is 7.68. The molecule has 0 aliphatic carbocycles. The molecule has 0 aromatic rings. The Labute approximate surface area is 143 Å². The summed E-state index contributed by atoms with van der Waals surface area (Å²) in [5, 5.41) is 31.3. The number of nitrogens with one attached hydrogen (secondary N) is 1. The van der Waals surface area contributed by atoms with Gasteiger partial charge >= 0.3 is 5.97 Å². The lowest BCUT2D eigenvalue weighted by atomic mass is 9.90. The van der Waals surface area contributed by atoms with Gasteiger partial charge < -0.3 is 41.6 Å². The Morgan fingerprint density at radius 3 is 2.52 bits per heavy atom. The van der Waals surface area contributed by atoms with E-state index in [-0.39, 0.29) is 19.0 Å². The van der Waals surface area contributed by atoms with E-state index in [0.717, 1.165) is 0 Å². The van der Waals surface area contributed by atoms with Crippen LogP contribution in [0.5, 0.6) is 0 Å². The molecule has 25 heavy (non-hydrogen) atoms. The van der Waals surface area contributed by atoms with Crippen molar-refractivity contribution in [2.45, 2.75) is 49.8 Å². The number of carbonyl (C=O) groups excluding carboxylic acids is 1. The quantitative estimate of drug-likeness (QED) is 0.225. The molecule has 2 rings (SSSR count). The number of carbonyl (C=O) groups is 2. The molecule has 2 heterocycles. The van der Waals surface area contributed by atoms with Gasteiger partial charge in [-0.15, -0.1) is 0 Å². The van der Waals surface area contributed by atoms with E-state index in [1.165, 1.54) is 13.0 Å². The number of aliphatic carboxylic acids is 1. The zero-order chi connectivity index (χ0) is 18.7. The van der Waals surface area contributed by atoms with Gasteiger partial charge in [0.25, 0.3) is 0 Å². The molecule has 1 fully saturated rings. The van der Waals surface area contributed by atoms with Gasteiger partial charge in [-0.05, 0) is 6.08 Å². The fraction of sp³-hybridized carbons (Fsp3) is 0.643. The molecular formula is C14H22N4O7. The summed E-state index contributed by atoms with van der Waals surface area (Å²) in [7, 11) is 0. The summed E-state index contributed by atoms with van der Waals surface area (Å²) in [5.74, 6) is -2.43. The maximum atomic E-state index is 11.6. The highest BCUT2D eigenvalue weighted by Crippen LogP contribution is 2.29. The van der Waals surface area contributed by atoms with Crippen molar-refractivity contribution >= 4 is 17.8 Å². The Morgan fingerprint density at radius 2 is 2.00 bits per heavy atom. The first-order valence-electron chi connectivity index (χ1n) is 7.64. The second-order valence-corrected chi connectivity index (χ2v) is 5.93. The summed E-state index contributed by atoms with van der Waals surface area (Å²) in [4.78, 5) is 26.8. The molecule has 11 nitrogen and oxygen atoms in total. The van der Waals surface area contributed by atoms with Crippen LogP contribution in [-0.4, -0.2) is 76.3 Å². The highest BCUT2D eigenvalue weighted by atomic mass is 16.6. The van der Waals surface area contributed by atoms with Crippen molar-refractivity contribution in [2.75, 3.05) is 6.61 Å². The van der Waals surface area contributed by atoms with Crippen LogP contribution in [0.3, 0.4) is 0 Å². The number of guanidine groups is 1. The molecule has 2 aliphatic rings. The van der Waals surface area contributed by atoms with Crippen molar-refractivity contribution in [3.8, 4) is 0 Å². The summed E-state index contributed by atoms with van der Waals surface area (Å²) in [5.41, 5.74) is 10.8. The first kappa shape index (κ1) is 19.0. The van der Waals surface area contributed by atoms with Crippen LogP contribution < -0.4 is 16.8 Å². The largest absolute Gasteiger partial charge is 0.478 e.